The van der Waals surface area contributed by atoms with Crippen LogP contribution in [-0.4, -0.2) is 36.7 Å². The number of ether oxygens (including phenoxy) is 1. The molecular weight excluding hydrogens is 257 g/mol. The molecule has 0 bridgehead atoms. The van der Waals surface area contributed by atoms with E-state index in [4.69, 9.17) is 10.6 Å². The Bertz CT molecular complexity index is 482. The lowest BCUT2D eigenvalue weighted by Gasteiger charge is -2.39. The molecular formula is C15H22FN3O. The van der Waals surface area contributed by atoms with Crippen molar-refractivity contribution in [3.8, 4) is 0 Å². The third-order valence-corrected chi connectivity index (χ3v) is 4.53. The fourth-order valence-corrected chi connectivity index (χ4v) is 3.43. The second-order valence-corrected chi connectivity index (χ2v) is 5.81. The predicted octanol–water partition coefficient (Wildman–Crippen LogP) is 1.50. The topological polar surface area (TPSA) is 50.5 Å². The lowest BCUT2D eigenvalue weighted by molar-refractivity contribution is -0.0654. The van der Waals surface area contributed by atoms with Crippen molar-refractivity contribution in [3.63, 3.8) is 0 Å². The Morgan fingerprint density at radius 2 is 2.35 bits per heavy atom. The van der Waals surface area contributed by atoms with Gasteiger partial charge in [-0.05, 0) is 49.6 Å². The van der Waals surface area contributed by atoms with Gasteiger partial charge in [0.25, 0.3) is 0 Å². The molecule has 0 amide bonds. The standard InChI is InChI=1S/C15H22FN3O/c1-10-7-11(16)4-5-13(10)15(18-17)14-8-19-6-2-3-12(19)9-20-14/h4-5,7,12,14-15,18H,2-3,6,8-9,17H2,1H3. The molecule has 1 aromatic carbocycles. The van der Waals surface area contributed by atoms with Gasteiger partial charge in [0.15, 0.2) is 0 Å². The average molecular weight is 279 g/mol. The zero-order valence-electron chi connectivity index (χ0n) is 11.8. The number of fused-ring (bicyclic) bond motifs is 1. The van der Waals surface area contributed by atoms with Gasteiger partial charge in [-0.1, -0.05) is 6.07 Å². The third-order valence-electron chi connectivity index (χ3n) is 4.53. The van der Waals surface area contributed by atoms with Gasteiger partial charge in [-0.2, -0.15) is 0 Å². The Balaban J connectivity index is 1.79. The first kappa shape index (κ1) is 13.9. The minimum atomic E-state index is -0.216. The summed E-state index contributed by atoms with van der Waals surface area (Å²) in [5.74, 6) is 5.52. The first-order chi connectivity index (χ1) is 9.69. The minimum absolute atomic E-state index is 0.0125. The number of nitrogens with two attached hydrogens (primary N) is 1. The summed E-state index contributed by atoms with van der Waals surface area (Å²) in [5, 5.41) is 0. The molecule has 2 fully saturated rings. The fraction of sp³-hybridized carbons (Fsp3) is 0.600. The van der Waals surface area contributed by atoms with Crippen molar-refractivity contribution in [3.05, 3.63) is 35.1 Å². The van der Waals surface area contributed by atoms with E-state index in [1.807, 2.05) is 6.92 Å². The second kappa shape index (κ2) is 5.77. The Hall–Kier alpha value is -1.01. The number of morpholine rings is 1. The summed E-state index contributed by atoms with van der Waals surface area (Å²) in [6.07, 6.45) is 2.48. The van der Waals surface area contributed by atoms with E-state index >= 15 is 0 Å². The first-order valence-corrected chi connectivity index (χ1v) is 7.27. The number of benzene rings is 1. The van der Waals surface area contributed by atoms with E-state index < -0.39 is 0 Å². The largest absolute Gasteiger partial charge is 0.373 e. The summed E-state index contributed by atoms with van der Waals surface area (Å²) < 4.78 is 19.2. The number of halogens is 1. The van der Waals surface area contributed by atoms with Crippen LogP contribution >= 0.6 is 0 Å². The molecule has 2 saturated heterocycles. The summed E-state index contributed by atoms with van der Waals surface area (Å²) in [5.41, 5.74) is 4.77. The number of hydrazine groups is 1. The zero-order chi connectivity index (χ0) is 14.1. The van der Waals surface area contributed by atoms with E-state index in [2.05, 4.69) is 10.3 Å². The van der Waals surface area contributed by atoms with Crippen LogP contribution in [-0.2, 0) is 4.74 Å². The van der Waals surface area contributed by atoms with Crippen molar-refractivity contribution in [2.24, 2.45) is 5.84 Å². The molecule has 4 nitrogen and oxygen atoms in total. The zero-order valence-corrected chi connectivity index (χ0v) is 11.8. The molecule has 3 N–H and O–H groups in total. The lowest BCUT2D eigenvalue weighted by atomic mass is 9.96. The monoisotopic (exact) mass is 279 g/mol. The molecule has 0 saturated carbocycles. The van der Waals surface area contributed by atoms with Gasteiger partial charge in [0.05, 0.1) is 18.8 Å². The van der Waals surface area contributed by atoms with Crippen LogP contribution in [0, 0.1) is 12.7 Å². The van der Waals surface area contributed by atoms with Crippen LogP contribution in [0.1, 0.15) is 30.0 Å². The molecule has 1 aromatic rings. The van der Waals surface area contributed by atoms with Crippen LogP contribution in [0.4, 0.5) is 4.39 Å². The molecule has 3 unspecified atom stereocenters. The van der Waals surface area contributed by atoms with Gasteiger partial charge in [0, 0.05) is 12.6 Å². The van der Waals surface area contributed by atoms with E-state index in [1.165, 1.54) is 18.9 Å². The maximum absolute atomic E-state index is 13.2. The van der Waals surface area contributed by atoms with E-state index in [1.54, 1.807) is 12.1 Å². The molecule has 0 spiro atoms. The SMILES string of the molecule is Cc1cc(F)ccc1C(NN)C1CN2CCCC2CO1. The normalized spacial score (nSPS) is 28.4. The van der Waals surface area contributed by atoms with Gasteiger partial charge >= 0.3 is 0 Å². The molecule has 3 atom stereocenters. The molecule has 5 heteroatoms. The van der Waals surface area contributed by atoms with Crippen LogP contribution in [0.3, 0.4) is 0 Å². The van der Waals surface area contributed by atoms with Crippen molar-refractivity contribution >= 4 is 0 Å². The van der Waals surface area contributed by atoms with Crippen LogP contribution in [0.15, 0.2) is 18.2 Å². The van der Waals surface area contributed by atoms with Crippen LogP contribution in [0.25, 0.3) is 0 Å². The predicted molar refractivity (Wildman–Crippen MR) is 75.5 cm³/mol. The molecule has 2 aliphatic rings. The van der Waals surface area contributed by atoms with Gasteiger partial charge in [0.1, 0.15) is 5.82 Å². The van der Waals surface area contributed by atoms with Crippen LogP contribution < -0.4 is 11.3 Å². The summed E-state index contributed by atoms with van der Waals surface area (Å²) in [6.45, 7) is 4.70. The fourth-order valence-electron chi connectivity index (χ4n) is 3.43. The molecule has 3 rings (SSSR count). The van der Waals surface area contributed by atoms with Crippen LogP contribution in [0.2, 0.25) is 0 Å². The van der Waals surface area contributed by atoms with Gasteiger partial charge in [0.2, 0.25) is 0 Å². The summed E-state index contributed by atoms with van der Waals surface area (Å²) in [6, 6.07) is 5.29. The highest BCUT2D eigenvalue weighted by molar-refractivity contribution is 5.30. The summed E-state index contributed by atoms with van der Waals surface area (Å²) in [7, 11) is 0. The molecule has 0 aliphatic carbocycles. The number of hydrogen-bond acceptors (Lipinski definition) is 4. The highest BCUT2D eigenvalue weighted by atomic mass is 19.1. The van der Waals surface area contributed by atoms with Gasteiger partial charge in [-0.15, -0.1) is 0 Å². The van der Waals surface area contributed by atoms with Crippen molar-refractivity contribution in [1.82, 2.24) is 10.3 Å². The summed E-state index contributed by atoms with van der Waals surface area (Å²) in [4.78, 5) is 2.48. The summed E-state index contributed by atoms with van der Waals surface area (Å²) >= 11 is 0. The molecule has 20 heavy (non-hydrogen) atoms. The molecule has 2 aliphatic heterocycles. The maximum Gasteiger partial charge on any atom is 0.123 e. The maximum atomic E-state index is 13.2. The lowest BCUT2D eigenvalue weighted by Crippen LogP contribution is -2.51. The highest BCUT2D eigenvalue weighted by Crippen LogP contribution is 2.29. The molecule has 2 heterocycles. The average Bonchev–Trinajstić information content (AvgIpc) is 2.89. The number of nitrogens with one attached hydrogen (secondary N) is 1. The number of hydrogen-bond donors (Lipinski definition) is 2. The van der Waals surface area contributed by atoms with E-state index in [9.17, 15) is 4.39 Å². The van der Waals surface area contributed by atoms with Crippen molar-refractivity contribution < 1.29 is 9.13 Å². The smallest absolute Gasteiger partial charge is 0.123 e. The van der Waals surface area contributed by atoms with E-state index in [0.29, 0.717) is 6.04 Å². The van der Waals surface area contributed by atoms with Gasteiger partial charge in [-0.25, -0.2) is 4.39 Å². The molecule has 0 radical (unpaired) electrons. The second-order valence-electron chi connectivity index (χ2n) is 5.81. The molecule has 110 valence electrons. The van der Waals surface area contributed by atoms with E-state index in [0.717, 1.165) is 30.8 Å². The first-order valence-electron chi connectivity index (χ1n) is 7.27. The van der Waals surface area contributed by atoms with Gasteiger partial charge in [-0.3, -0.25) is 16.2 Å². The van der Waals surface area contributed by atoms with Crippen molar-refractivity contribution in [2.45, 2.75) is 38.0 Å². The Kier molecular flexibility index (Phi) is 4.03. The quantitative estimate of drug-likeness (QED) is 0.650. The molecule has 0 aromatic heterocycles. The Labute approximate surface area is 119 Å². The minimum Gasteiger partial charge on any atom is -0.373 e. The number of nitrogens with zero attached hydrogens (tertiary/aromatic N) is 1. The highest BCUT2D eigenvalue weighted by Gasteiger charge is 2.36. The number of rotatable bonds is 3. The third kappa shape index (κ3) is 2.59. The Morgan fingerprint density at radius 1 is 1.50 bits per heavy atom. The van der Waals surface area contributed by atoms with E-state index in [-0.39, 0.29) is 18.0 Å². The Morgan fingerprint density at radius 3 is 3.10 bits per heavy atom. The van der Waals surface area contributed by atoms with Crippen molar-refractivity contribution in [1.29, 1.82) is 0 Å². The van der Waals surface area contributed by atoms with Crippen molar-refractivity contribution in [2.75, 3.05) is 19.7 Å². The van der Waals surface area contributed by atoms with Gasteiger partial charge < -0.3 is 4.74 Å². The van der Waals surface area contributed by atoms with Crippen LogP contribution in [0.5, 0.6) is 0 Å². The number of aryl methyl sites for hydroxylation is 1.